The van der Waals surface area contributed by atoms with Crippen molar-refractivity contribution in [3.05, 3.63) is 42.6 Å². The fourth-order valence-corrected chi connectivity index (χ4v) is 2.61. The van der Waals surface area contributed by atoms with Gasteiger partial charge in [-0.05, 0) is 25.5 Å². The zero-order valence-electron chi connectivity index (χ0n) is 15.4. The molecule has 3 rings (SSSR count). The molecule has 0 unspecified atom stereocenters. The predicted octanol–water partition coefficient (Wildman–Crippen LogP) is 2.69. The zero-order chi connectivity index (χ0) is 19.2. The molecular formula is C18H21N7O2. The van der Waals surface area contributed by atoms with Crippen LogP contribution in [0.5, 0.6) is 0 Å². The summed E-state index contributed by atoms with van der Waals surface area (Å²) in [6, 6.07) is 5.29. The Kier molecular flexibility index (Phi) is 5.60. The number of rotatable bonds is 6. The zero-order valence-corrected chi connectivity index (χ0v) is 15.4. The van der Waals surface area contributed by atoms with E-state index in [1.807, 2.05) is 32.0 Å². The number of pyridine rings is 1. The van der Waals surface area contributed by atoms with Crippen molar-refractivity contribution >= 4 is 23.2 Å². The molecule has 2 N–H and O–H groups in total. The van der Waals surface area contributed by atoms with Gasteiger partial charge in [0, 0.05) is 30.6 Å². The molecular weight excluding hydrogens is 346 g/mol. The molecule has 0 aliphatic heterocycles. The van der Waals surface area contributed by atoms with Gasteiger partial charge in [-0.1, -0.05) is 12.1 Å². The lowest BCUT2D eigenvalue weighted by atomic mass is 10.2. The average molecular weight is 367 g/mol. The lowest BCUT2D eigenvalue weighted by Crippen LogP contribution is -2.28. The van der Waals surface area contributed by atoms with Crippen molar-refractivity contribution in [2.45, 2.75) is 20.3 Å². The maximum Gasteiger partial charge on any atom is 0.320 e. The van der Waals surface area contributed by atoms with Gasteiger partial charge in [-0.2, -0.15) is 0 Å². The Labute approximate surface area is 156 Å². The molecule has 0 bridgehead atoms. The Bertz CT molecular complexity index is 967. The molecule has 0 radical (unpaired) electrons. The standard InChI is InChI=1S/C18H21N7O2/c1-4-13(24-27-3)17-21-14(12-7-6-8-19-10-12)9-16-22-15(11-25(16)17)23-18(26)20-5-2/h6-11H,4-5H2,1-3H3,(H2,20,23,26)/b24-13+. The summed E-state index contributed by atoms with van der Waals surface area (Å²) in [7, 11) is 1.49. The van der Waals surface area contributed by atoms with Crippen LogP contribution < -0.4 is 10.6 Å². The lowest BCUT2D eigenvalue weighted by Gasteiger charge is -2.08. The summed E-state index contributed by atoms with van der Waals surface area (Å²) in [5.41, 5.74) is 2.85. The number of anilines is 1. The highest BCUT2D eigenvalue weighted by molar-refractivity contribution is 5.98. The Morgan fingerprint density at radius 2 is 2.19 bits per heavy atom. The summed E-state index contributed by atoms with van der Waals surface area (Å²) >= 11 is 0. The van der Waals surface area contributed by atoms with Crippen LogP contribution in [-0.2, 0) is 4.84 Å². The van der Waals surface area contributed by atoms with E-state index in [4.69, 9.17) is 9.82 Å². The molecule has 0 aromatic carbocycles. The summed E-state index contributed by atoms with van der Waals surface area (Å²) in [6.45, 7) is 4.34. The van der Waals surface area contributed by atoms with Crippen LogP contribution in [0.2, 0.25) is 0 Å². The highest BCUT2D eigenvalue weighted by Crippen LogP contribution is 2.21. The van der Waals surface area contributed by atoms with Crippen LogP contribution in [0.15, 0.2) is 41.9 Å². The smallest absolute Gasteiger partial charge is 0.320 e. The first-order valence-electron chi connectivity index (χ1n) is 8.62. The predicted molar refractivity (Wildman–Crippen MR) is 103 cm³/mol. The second-order valence-electron chi connectivity index (χ2n) is 5.62. The van der Waals surface area contributed by atoms with Gasteiger partial charge in [0.25, 0.3) is 0 Å². The molecule has 9 heteroatoms. The van der Waals surface area contributed by atoms with Gasteiger partial charge in [-0.3, -0.25) is 14.7 Å². The molecule has 140 valence electrons. The van der Waals surface area contributed by atoms with E-state index in [-0.39, 0.29) is 6.03 Å². The minimum atomic E-state index is -0.316. The number of aromatic nitrogens is 4. The topological polar surface area (TPSA) is 106 Å². The third kappa shape index (κ3) is 4.02. The second-order valence-corrected chi connectivity index (χ2v) is 5.62. The first kappa shape index (κ1) is 18.3. The van der Waals surface area contributed by atoms with E-state index >= 15 is 0 Å². The minimum absolute atomic E-state index is 0.316. The Balaban J connectivity index is 2.14. The van der Waals surface area contributed by atoms with Crippen LogP contribution in [0.1, 0.15) is 26.1 Å². The summed E-state index contributed by atoms with van der Waals surface area (Å²) in [6.07, 6.45) is 5.76. The van der Waals surface area contributed by atoms with Crippen LogP contribution in [0, 0.1) is 0 Å². The van der Waals surface area contributed by atoms with Crippen molar-refractivity contribution in [3.8, 4) is 11.3 Å². The molecule has 3 aromatic heterocycles. The number of carbonyl (C=O) groups excluding carboxylic acids is 1. The molecule has 27 heavy (non-hydrogen) atoms. The fraction of sp³-hybridized carbons (Fsp3) is 0.278. The molecule has 0 fully saturated rings. The average Bonchev–Trinajstić information content (AvgIpc) is 3.08. The number of urea groups is 1. The van der Waals surface area contributed by atoms with E-state index in [9.17, 15) is 4.79 Å². The van der Waals surface area contributed by atoms with E-state index in [0.717, 1.165) is 5.56 Å². The second kappa shape index (κ2) is 8.26. The summed E-state index contributed by atoms with van der Waals surface area (Å²) < 4.78 is 1.78. The number of nitrogens with one attached hydrogen (secondary N) is 2. The van der Waals surface area contributed by atoms with Gasteiger partial charge in [0.15, 0.2) is 11.6 Å². The van der Waals surface area contributed by atoms with Gasteiger partial charge >= 0.3 is 6.03 Å². The van der Waals surface area contributed by atoms with Gasteiger partial charge in [-0.25, -0.2) is 14.8 Å². The summed E-state index contributed by atoms with van der Waals surface area (Å²) in [5.74, 6) is 1.01. The van der Waals surface area contributed by atoms with Crippen molar-refractivity contribution in [3.63, 3.8) is 0 Å². The normalized spacial score (nSPS) is 11.4. The van der Waals surface area contributed by atoms with E-state index in [2.05, 4.69) is 25.8 Å². The highest BCUT2D eigenvalue weighted by Gasteiger charge is 2.16. The van der Waals surface area contributed by atoms with Gasteiger partial charge in [0.2, 0.25) is 0 Å². The Morgan fingerprint density at radius 1 is 1.33 bits per heavy atom. The SMILES string of the molecule is CCNC(=O)Nc1cn2c(/C(CC)=N/OC)nc(-c3cccnc3)cc2n1. The van der Waals surface area contributed by atoms with Gasteiger partial charge in [0.05, 0.1) is 11.9 Å². The van der Waals surface area contributed by atoms with Gasteiger partial charge in [-0.15, -0.1) is 0 Å². The van der Waals surface area contributed by atoms with Crippen LogP contribution in [0.4, 0.5) is 10.6 Å². The maximum atomic E-state index is 11.8. The van der Waals surface area contributed by atoms with Crippen molar-refractivity contribution in [1.82, 2.24) is 24.7 Å². The largest absolute Gasteiger partial charge is 0.399 e. The van der Waals surface area contributed by atoms with Crippen LogP contribution in [0.25, 0.3) is 16.9 Å². The Hall–Kier alpha value is -3.49. The lowest BCUT2D eigenvalue weighted by molar-refractivity contribution is 0.212. The van der Waals surface area contributed by atoms with Crippen LogP contribution in [0.3, 0.4) is 0 Å². The molecule has 0 aliphatic carbocycles. The first-order chi connectivity index (χ1) is 13.2. The summed E-state index contributed by atoms with van der Waals surface area (Å²) in [4.78, 5) is 30.2. The molecule has 3 aromatic rings. The fourth-order valence-electron chi connectivity index (χ4n) is 2.61. The number of nitrogens with zero attached hydrogens (tertiary/aromatic N) is 5. The Morgan fingerprint density at radius 3 is 2.85 bits per heavy atom. The molecule has 0 spiro atoms. The molecule has 3 heterocycles. The van der Waals surface area contributed by atoms with Gasteiger partial charge in [0.1, 0.15) is 18.5 Å². The van der Waals surface area contributed by atoms with Crippen molar-refractivity contribution < 1.29 is 9.63 Å². The van der Waals surface area contributed by atoms with E-state index in [0.29, 0.717) is 41.7 Å². The molecule has 0 saturated heterocycles. The number of hydrogen-bond donors (Lipinski definition) is 2. The highest BCUT2D eigenvalue weighted by atomic mass is 16.6. The van der Waals surface area contributed by atoms with Crippen LogP contribution >= 0.6 is 0 Å². The maximum absolute atomic E-state index is 11.8. The first-order valence-corrected chi connectivity index (χ1v) is 8.62. The number of fused-ring (bicyclic) bond motifs is 1. The molecule has 2 amide bonds. The molecule has 0 atom stereocenters. The number of amides is 2. The summed E-state index contributed by atoms with van der Waals surface area (Å²) in [5, 5.41) is 9.48. The minimum Gasteiger partial charge on any atom is -0.399 e. The monoisotopic (exact) mass is 367 g/mol. The quantitative estimate of drug-likeness (QED) is 0.515. The molecule has 0 aliphatic rings. The number of hydrogen-bond acceptors (Lipinski definition) is 6. The third-order valence-corrected chi connectivity index (χ3v) is 3.78. The molecule has 0 saturated carbocycles. The third-order valence-electron chi connectivity index (χ3n) is 3.78. The van der Waals surface area contributed by atoms with E-state index in [1.165, 1.54) is 7.11 Å². The number of imidazole rings is 1. The van der Waals surface area contributed by atoms with E-state index in [1.54, 1.807) is 23.0 Å². The van der Waals surface area contributed by atoms with Gasteiger partial charge < -0.3 is 10.2 Å². The number of oxime groups is 1. The van der Waals surface area contributed by atoms with Crippen LogP contribution in [-0.4, -0.2) is 44.7 Å². The number of carbonyl (C=O) groups is 1. The van der Waals surface area contributed by atoms with Crippen molar-refractivity contribution in [1.29, 1.82) is 0 Å². The van der Waals surface area contributed by atoms with E-state index < -0.39 is 0 Å². The van der Waals surface area contributed by atoms with Crippen molar-refractivity contribution in [2.24, 2.45) is 5.16 Å². The van der Waals surface area contributed by atoms with Crippen molar-refractivity contribution in [2.75, 3.05) is 19.0 Å². The molecule has 9 nitrogen and oxygen atoms in total.